The lowest BCUT2D eigenvalue weighted by atomic mass is 10.1. The molecule has 0 fully saturated rings. The van der Waals surface area contributed by atoms with E-state index < -0.39 is 0 Å². The molecule has 3 N–H and O–H groups in total. The van der Waals surface area contributed by atoms with E-state index in [1.165, 1.54) is 5.56 Å². The van der Waals surface area contributed by atoms with Crippen molar-refractivity contribution in [2.45, 2.75) is 19.3 Å². The molecule has 3 rings (SSSR count). The maximum absolute atomic E-state index is 12.2. The van der Waals surface area contributed by atoms with Gasteiger partial charge in [-0.3, -0.25) is 4.79 Å². The van der Waals surface area contributed by atoms with Crippen molar-refractivity contribution in [2.75, 3.05) is 17.7 Å². The standard InChI is InChI=1S/C23H24N2O2/c24-20-13-11-19(12-14-20)16-23(26)25-21-9-4-10-22(17-21)27-15-5-8-18-6-2-1-3-7-18/h1-4,6-7,9-14,17H,5,8,15-16,24H2,(H,25,26). The highest BCUT2D eigenvalue weighted by Gasteiger charge is 2.05. The van der Waals surface area contributed by atoms with E-state index in [1.807, 2.05) is 54.6 Å². The average molecular weight is 360 g/mol. The van der Waals surface area contributed by atoms with Gasteiger partial charge in [-0.15, -0.1) is 0 Å². The van der Waals surface area contributed by atoms with Crippen LogP contribution in [-0.2, 0) is 17.6 Å². The summed E-state index contributed by atoms with van der Waals surface area (Å²) in [5.41, 5.74) is 9.33. The van der Waals surface area contributed by atoms with E-state index in [2.05, 4.69) is 17.4 Å². The summed E-state index contributed by atoms with van der Waals surface area (Å²) >= 11 is 0. The molecular formula is C23H24N2O2. The van der Waals surface area contributed by atoms with Crippen LogP contribution in [0.5, 0.6) is 5.75 Å². The van der Waals surface area contributed by atoms with Gasteiger partial charge in [0.25, 0.3) is 0 Å². The minimum Gasteiger partial charge on any atom is -0.494 e. The topological polar surface area (TPSA) is 64.4 Å². The Morgan fingerprint density at radius 1 is 0.889 bits per heavy atom. The van der Waals surface area contributed by atoms with E-state index in [1.54, 1.807) is 12.1 Å². The van der Waals surface area contributed by atoms with Crippen molar-refractivity contribution in [3.8, 4) is 5.75 Å². The van der Waals surface area contributed by atoms with Crippen molar-refractivity contribution < 1.29 is 9.53 Å². The van der Waals surface area contributed by atoms with Gasteiger partial charge in [0, 0.05) is 17.4 Å². The van der Waals surface area contributed by atoms with Crippen molar-refractivity contribution in [1.82, 2.24) is 0 Å². The summed E-state index contributed by atoms with van der Waals surface area (Å²) in [6, 6.07) is 25.2. The Hall–Kier alpha value is -3.27. The highest BCUT2D eigenvalue weighted by molar-refractivity contribution is 5.92. The Kier molecular flexibility index (Phi) is 6.47. The lowest BCUT2D eigenvalue weighted by molar-refractivity contribution is -0.115. The zero-order valence-corrected chi connectivity index (χ0v) is 15.2. The number of nitrogen functional groups attached to an aromatic ring is 1. The maximum Gasteiger partial charge on any atom is 0.228 e. The van der Waals surface area contributed by atoms with Crippen LogP contribution in [0.3, 0.4) is 0 Å². The van der Waals surface area contributed by atoms with Crippen LogP contribution >= 0.6 is 0 Å². The van der Waals surface area contributed by atoms with E-state index in [4.69, 9.17) is 10.5 Å². The van der Waals surface area contributed by atoms with Crippen LogP contribution in [0.4, 0.5) is 11.4 Å². The highest BCUT2D eigenvalue weighted by atomic mass is 16.5. The zero-order chi connectivity index (χ0) is 18.9. The van der Waals surface area contributed by atoms with Crippen molar-refractivity contribution in [2.24, 2.45) is 0 Å². The van der Waals surface area contributed by atoms with E-state index in [0.29, 0.717) is 18.7 Å². The zero-order valence-electron chi connectivity index (χ0n) is 15.2. The first kappa shape index (κ1) is 18.5. The van der Waals surface area contributed by atoms with E-state index >= 15 is 0 Å². The number of hydrogen-bond donors (Lipinski definition) is 2. The molecule has 0 spiro atoms. The Bertz CT molecular complexity index is 861. The second-order valence-electron chi connectivity index (χ2n) is 6.43. The number of aryl methyl sites for hydroxylation is 1. The molecule has 0 aliphatic carbocycles. The minimum absolute atomic E-state index is 0.0685. The molecule has 3 aromatic carbocycles. The predicted molar refractivity (Wildman–Crippen MR) is 110 cm³/mol. The van der Waals surface area contributed by atoms with Crippen LogP contribution in [0.1, 0.15) is 17.5 Å². The van der Waals surface area contributed by atoms with Gasteiger partial charge in [0.1, 0.15) is 5.75 Å². The Morgan fingerprint density at radius 3 is 2.44 bits per heavy atom. The summed E-state index contributed by atoms with van der Waals surface area (Å²) in [5, 5.41) is 2.91. The molecule has 3 aromatic rings. The number of anilines is 2. The van der Waals surface area contributed by atoms with Gasteiger partial charge in [-0.05, 0) is 48.2 Å². The fourth-order valence-electron chi connectivity index (χ4n) is 2.80. The van der Waals surface area contributed by atoms with Gasteiger partial charge in [-0.25, -0.2) is 0 Å². The lowest BCUT2D eigenvalue weighted by Crippen LogP contribution is -2.14. The van der Waals surface area contributed by atoms with E-state index in [-0.39, 0.29) is 5.91 Å². The molecule has 138 valence electrons. The van der Waals surface area contributed by atoms with Gasteiger partial charge >= 0.3 is 0 Å². The minimum atomic E-state index is -0.0685. The first-order valence-corrected chi connectivity index (χ1v) is 9.10. The third kappa shape index (κ3) is 6.19. The number of hydrogen-bond acceptors (Lipinski definition) is 3. The third-order valence-electron chi connectivity index (χ3n) is 4.18. The smallest absolute Gasteiger partial charge is 0.228 e. The molecule has 0 aromatic heterocycles. The Morgan fingerprint density at radius 2 is 1.67 bits per heavy atom. The first-order chi connectivity index (χ1) is 13.2. The molecular weight excluding hydrogens is 336 g/mol. The summed E-state index contributed by atoms with van der Waals surface area (Å²) in [7, 11) is 0. The van der Waals surface area contributed by atoms with Gasteiger partial charge in [-0.2, -0.15) is 0 Å². The molecule has 1 amide bonds. The SMILES string of the molecule is Nc1ccc(CC(=O)Nc2cccc(OCCCc3ccccc3)c2)cc1. The molecule has 0 saturated heterocycles. The normalized spacial score (nSPS) is 10.4. The lowest BCUT2D eigenvalue weighted by Gasteiger charge is -2.09. The van der Waals surface area contributed by atoms with Gasteiger partial charge in [0.2, 0.25) is 5.91 Å². The number of nitrogens with two attached hydrogens (primary N) is 1. The van der Waals surface area contributed by atoms with Crippen LogP contribution in [0.15, 0.2) is 78.9 Å². The molecule has 0 saturated carbocycles. The summed E-state index contributed by atoms with van der Waals surface area (Å²) in [6.07, 6.45) is 2.24. The van der Waals surface area contributed by atoms with Crippen LogP contribution in [0.2, 0.25) is 0 Å². The molecule has 0 bridgehead atoms. The Balaban J connectivity index is 1.46. The quantitative estimate of drug-likeness (QED) is 0.460. The second-order valence-corrected chi connectivity index (χ2v) is 6.43. The molecule has 27 heavy (non-hydrogen) atoms. The van der Waals surface area contributed by atoms with Crippen LogP contribution in [-0.4, -0.2) is 12.5 Å². The second kappa shape index (κ2) is 9.43. The van der Waals surface area contributed by atoms with Crippen molar-refractivity contribution >= 4 is 17.3 Å². The molecule has 4 heteroatoms. The highest BCUT2D eigenvalue weighted by Crippen LogP contribution is 2.18. The molecule has 0 atom stereocenters. The number of amides is 1. The summed E-state index contributed by atoms with van der Waals surface area (Å²) < 4.78 is 5.82. The Labute approximate surface area is 160 Å². The third-order valence-corrected chi connectivity index (χ3v) is 4.18. The predicted octanol–water partition coefficient (Wildman–Crippen LogP) is 4.46. The van der Waals surface area contributed by atoms with Crippen LogP contribution in [0.25, 0.3) is 0 Å². The number of ether oxygens (including phenoxy) is 1. The number of carbonyl (C=O) groups is 1. The molecule has 0 aliphatic heterocycles. The summed E-state index contributed by atoms with van der Waals surface area (Å²) in [6.45, 7) is 0.637. The molecule has 0 unspecified atom stereocenters. The van der Waals surface area contributed by atoms with Crippen LogP contribution in [0, 0.1) is 0 Å². The van der Waals surface area contributed by atoms with Gasteiger partial charge in [0.15, 0.2) is 0 Å². The van der Waals surface area contributed by atoms with Crippen molar-refractivity contribution in [3.63, 3.8) is 0 Å². The van der Waals surface area contributed by atoms with Crippen LogP contribution < -0.4 is 15.8 Å². The number of nitrogens with one attached hydrogen (secondary N) is 1. The van der Waals surface area contributed by atoms with Gasteiger partial charge < -0.3 is 15.8 Å². The monoisotopic (exact) mass is 360 g/mol. The van der Waals surface area contributed by atoms with Gasteiger partial charge in [-0.1, -0.05) is 48.5 Å². The number of benzene rings is 3. The molecule has 0 heterocycles. The molecule has 0 radical (unpaired) electrons. The fourth-order valence-corrected chi connectivity index (χ4v) is 2.80. The van der Waals surface area contributed by atoms with E-state index in [9.17, 15) is 4.79 Å². The van der Waals surface area contributed by atoms with Crippen molar-refractivity contribution in [1.29, 1.82) is 0 Å². The first-order valence-electron chi connectivity index (χ1n) is 9.10. The van der Waals surface area contributed by atoms with Gasteiger partial charge in [0.05, 0.1) is 13.0 Å². The number of carbonyl (C=O) groups excluding carboxylic acids is 1. The van der Waals surface area contributed by atoms with Crippen molar-refractivity contribution in [3.05, 3.63) is 90.0 Å². The maximum atomic E-state index is 12.2. The van der Waals surface area contributed by atoms with E-state index in [0.717, 1.165) is 29.8 Å². The largest absolute Gasteiger partial charge is 0.494 e. The number of rotatable bonds is 8. The summed E-state index contributed by atoms with van der Waals surface area (Å²) in [5.74, 6) is 0.689. The fraction of sp³-hybridized carbons (Fsp3) is 0.174. The molecule has 4 nitrogen and oxygen atoms in total. The average Bonchev–Trinajstić information content (AvgIpc) is 2.68. The molecule has 0 aliphatic rings. The summed E-state index contributed by atoms with van der Waals surface area (Å²) in [4.78, 5) is 12.2.